The van der Waals surface area contributed by atoms with Gasteiger partial charge in [-0.2, -0.15) is 13.2 Å². The summed E-state index contributed by atoms with van der Waals surface area (Å²) in [6, 6.07) is 14.8. The van der Waals surface area contributed by atoms with Crippen LogP contribution in [0.1, 0.15) is 31.8 Å². The van der Waals surface area contributed by atoms with Crippen LogP contribution in [0.15, 0.2) is 66.7 Å². The first-order valence-electron chi connectivity index (χ1n) is 8.78. The van der Waals surface area contributed by atoms with E-state index in [1.54, 1.807) is 12.1 Å². The molecule has 3 aromatic carbocycles. The molecule has 31 heavy (non-hydrogen) atoms. The van der Waals surface area contributed by atoms with E-state index in [4.69, 9.17) is 22.1 Å². The van der Waals surface area contributed by atoms with Crippen LogP contribution < -0.4 is 5.32 Å². The molecule has 0 aliphatic carbocycles. The van der Waals surface area contributed by atoms with Crippen LogP contribution in [0.5, 0.6) is 0 Å². The number of carboxylic acids is 1. The molecule has 0 spiro atoms. The van der Waals surface area contributed by atoms with Gasteiger partial charge in [-0.05, 0) is 42.5 Å². The fourth-order valence-electron chi connectivity index (χ4n) is 2.90. The Morgan fingerprint density at radius 2 is 1.58 bits per heavy atom. The van der Waals surface area contributed by atoms with E-state index in [2.05, 4.69) is 5.32 Å². The molecule has 0 atom stereocenters. The number of anilines is 2. The SMILES string of the molecule is N=C(C(=O)c1c(Cl)cccc1C(F)(F)F)c1ccccc1Nc1ccc(C(=O)O)cc1. The smallest absolute Gasteiger partial charge is 0.417 e. The van der Waals surface area contributed by atoms with E-state index >= 15 is 0 Å². The summed E-state index contributed by atoms with van der Waals surface area (Å²) in [5.41, 5.74) is -1.81. The highest BCUT2D eigenvalue weighted by molar-refractivity contribution is 6.53. The van der Waals surface area contributed by atoms with Crippen LogP contribution in [0, 0.1) is 5.41 Å². The molecule has 0 aromatic heterocycles. The largest absolute Gasteiger partial charge is 0.478 e. The predicted octanol–water partition coefficient (Wildman–Crippen LogP) is 6.05. The summed E-state index contributed by atoms with van der Waals surface area (Å²) in [6.45, 7) is 0. The second-order valence-corrected chi connectivity index (χ2v) is 6.82. The minimum atomic E-state index is -4.82. The van der Waals surface area contributed by atoms with Gasteiger partial charge >= 0.3 is 12.1 Å². The van der Waals surface area contributed by atoms with Gasteiger partial charge in [-0.3, -0.25) is 10.2 Å². The molecular formula is C22H14ClF3N2O3. The summed E-state index contributed by atoms with van der Waals surface area (Å²) in [5.74, 6) is -2.27. The number of hydrogen-bond donors (Lipinski definition) is 3. The van der Waals surface area contributed by atoms with Crippen molar-refractivity contribution in [3.05, 3.63) is 94.0 Å². The Morgan fingerprint density at radius 3 is 2.19 bits per heavy atom. The standard InChI is InChI=1S/C22H14ClF3N2O3/c23-16-6-3-5-15(22(24,25)26)18(16)20(29)19(27)14-4-1-2-7-17(14)28-13-10-8-12(9-11-13)21(30)31/h1-11,27-28H,(H,30,31). The Morgan fingerprint density at radius 1 is 0.935 bits per heavy atom. The van der Waals surface area contributed by atoms with Crippen molar-refractivity contribution < 1.29 is 27.9 Å². The summed E-state index contributed by atoms with van der Waals surface area (Å²) in [7, 11) is 0. The zero-order valence-electron chi connectivity index (χ0n) is 15.6. The van der Waals surface area contributed by atoms with E-state index in [-0.39, 0.29) is 16.8 Å². The van der Waals surface area contributed by atoms with E-state index in [1.165, 1.54) is 36.4 Å². The van der Waals surface area contributed by atoms with Gasteiger partial charge < -0.3 is 10.4 Å². The molecule has 0 aliphatic heterocycles. The van der Waals surface area contributed by atoms with Crippen molar-refractivity contribution in [3.63, 3.8) is 0 Å². The second kappa shape index (κ2) is 8.61. The quantitative estimate of drug-likeness (QED) is 0.317. The van der Waals surface area contributed by atoms with Crippen molar-refractivity contribution in [2.75, 3.05) is 5.32 Å². The van der Waals surface area contributed by atoms with Crippen LogP contribution in [-0.4, -0.2) is 22.6 Å². The second-order valence-electron chi connectivity index (χ2n) is 6.42. The normalized spacial score (nSPS) is 11.1. The summed E-state index contributed by atoms with van der Waals surface area (Å²) in [4.78, 5) is 23.8. The van der Waals surface area contributed by atoms with Crippen LogP contribution in [-0.2, 0) is 6.18 Å². The topological polar surface area (TPSA) is 90.3 Å². The summed E-state index contributed by atoms with van der Waals surface area (Å²) in [6.07, 6.45) is -4.82. The number of rotatable bonds is 6. The molecule has 0 amide bonds. The van der Waals surface area contributed by atoms with Gasteiger partial charge in [0.15, 0.2) is 0 Å². The summed E-state index contributed by atoms with van der Waals surface area (Å²) < 4.78 is 40.1. The lowest BCUT2D eigenvalue weighted by Crippen LogP contribution is -2.21. The number of benzene rings is 3. The first-order valence-corrected chi connectivity index (χ1v) is 9.16. The first kappa shape index (κ1) is 22.0. The molecular weight excluding hydrogens is 433 g/mol. The number of carbonyl (C=O) groups excluding carboxylic acids is 1. The minimum absolute atomic E-state index is 0.0582. The number of halogens is 4. The number of ketones is 1. The Kier molecular flexibility index (Phi) is 6.12. The number of para-hydroxylation sites is 1. The first-order chi connectivity index (χ1) is 14.6. The Hall–Kier alpha value is -3.65. The maximum Gasteiger partial charge on any atom is 0.417 e. The third-order valence-corrected chi connectivity index (χ3v) is 4.70. The molecule has 5 nitrogen and oxygen atoms in total. The highest BCUT2D eigenvalue weighted by atomic mass is 35.5. The van der Waals surface area contributed by atoms with Crippen molar-refractivity contribution in [2.24, 2.45) is 0 Å². The number of carboxylic acid groups (broad SMARTS) is 1. The van der Waals surface area contributed by atoms with E-state index in [0.29, 0.717) is 5.69 Å². The fraction of sp³-hybridized carbons (Fsp3) is 0.0455. The number of aromatic carboxylic acids is 1. The Balaban J connectivity index is 1.97. The molecule has 0 saturated heterocycles. The molecule has 0 radical (unpaired) electrons. The lowest BCUT2D eigenvalue weighted by Gasteiger charge is -2.16. The average molecular weight is 447 g/mol. The van der Waals surface area contributed by atoms with Crippen molar-refractivity contribution in [1.82, 2.24) is 0 Å². The van der Waals surface area contributed by atoms with Crippen LogP contribution in [0.2, 0.25) is 5.02 Å². The van der Waals surface area contributed by atoms with Crippen LogP contribution >= 0.6 is 11.6 Å². The van der Waals surface area contributed by atoms with E-state index in [1.807, 2.05) is 0 Å². The monoisotopic (exact) mass is 446 g/mol. The molecule has 0 fully saturated rings. The third kappa shape index (κ3) is 4.75. The third-order valence-electron chi connectivity index (χ3n) is 4.38. The Labute approximate surface area is 179 Å². The van der Waals surface area contributed by atoms with E-state index < -0.39 is 39.8 Å². The molecule has 3 rings (SSSR count). The van der Waals surface area contributed by atoms with Gasteiger partial charge in [0, 0.05) is 16.9 Å². The zero-order valence-corrected chi connectivity index (χ0v) is 16.4. The van der Waals surface area contributed by atoms with E-state index in [9.17, 15) is 22.8 Å². The molecule has 3 aromatic rings. The summed E-state index contributed by atoms with van der Waals surface area (Å²) >= 11 is 5.89. The van der Waals surface area contributed by atoms with Gasteiger partial charge in [0.2, 0.25) is 5.78 Å². The highest BCUT2D eigenvalue weighted by Gasteiger charge is 2.37. The van der Waals surface area contributed by atoms with Crippen molar-refractivity contribution in [3.8, 4) is 0 Å². The minimum Gasteiger partial charge on any atom is -0.478 e. The lowest BCUT2D eigenvalue weighted by molar-refractivity contribution is -0.137. The number of alkyl halides is 3. The predicted molar refractivity (Wildman–Crippen MR) is 111 cm³/mol. The van der Waals surface area contributed by atoms with Gasteiger partial charge in [-0.25, -0.2) is 4.79 Å². The molecule has 9 heteroatoms. The Bertz CT molecular complexity index is 1180. The molecule has 0 bridgehead atoms. The van der Waals surface area contributed by atoms with Crippen molar-refractivity contribution in [1.29, 1.82) is 5.41 Å². The average Bonchev–Trinajstić information content (AvgIpc) is 2.72. The number of Topliss-reactive ketones (excluding diaryl/α,β-unsaturated/α-hetero) is 1. The van der Waals surface area contributed by atoms with Crippen molar-refractivity contribution >= 4 is 40.4 Å². The zero-order chi connectivity index (χ0) is 22.8. The number of nitrogens with one attached hydrogen (secondary N) is 2. The lowest BCUT2D eigenvalue weighted by atomic mass is 9.95. The van der Waals surface area contributed by atoms with E-state index in [0.717, 1.165) is 18.2 Å². The highest BCUT2D eigenvalue weighted by Crippen LogP contribution is 2.36. The van der Waals surface area contributed by atoms with Crippen LogP contribution in [0.25, 0.3) is 0 Å². The van der Waals surface area contributed by atoms with Gasteiger partial charge in [-0.1, -0.05) is 35.9 Å². The van der Waals surface area contributed by atoms with Gasteiger partial charge in [0.1, 0.15) is 5.71 Å². The molecule has 0 aliphatic rings. The molecule has 0 heterocycles. The van der Waals surface area contributed by atoms with Gasteiger partial charge in [0.25, 0.3) is 0 Å². The van der Waals surface area contributed by atoms with Gasteiger partial charge in [-0.15, -0.1) is 0 Å². The van der Waals surface area contributed by atoms with Crippen molar-refractivity contribution in [2.45, 2.75) is 6.18 Å². The number of carbonyl (C=O) groups is 2. The molecule has 0 saturated carbocycles. The maximum atomic E-state index is 13.4. The number of hydrogen-bond acceptors (Lipinski definition) is 4. The summed E-state index contributed by atoms with van der Waals surface area (Å²) in [5, 5.41) is 19.8. The van der Waals surface area contributed by atoms with Gasteiger partial charge in [0.05, 0.1) is 21.7 Å². The van der Waals surface area contributed by atoms with Crippen LogP contribution in [0.4, 0.5) is 24.5 Å². The maximum absolute atomic E-state index is 13.4. The molecule has 3 N–H and O–H groups in total. The molecule has 0 unspecified atom stereocenters. The fourth-order valence-corrected chi connectivity index (χ4v) is 3.16. The molecule has 158 valence electrons. The van der Waals surface area contributed by atoms with Crippen LogP contribution in [0.3, 0.4) is 0 Å².